The molecule has 160 valence electrons. The molecule has 30 heavy (non-hydrogen) atoms. The van der Waals surface area contributed by atoms with E-state index in [1.54, 1.807) is 13.8 Å². The molecule has 0 bridgehead atoms. The highest BCUT2D eigenvalue weighted by Crippen LogP contribution is 2.38. The highest BCUT2D eigenvalue weighted by atomic mass is 19.4. The van der Waals surface area contributed by atoms with Crippen molar-refractivity contribution in [1.29, 1.82) is 5.26 Å². The van der Waals surface area contributed by atoms with Gasteiger partial charge in [0, 0.05) is 12.4 Å². The Labute approximate surface area is 167 Å². The molecule has 2 rings (SSSR count). The Morgan fingerprint density at radius 2 is 1.93 bits per heavy atom. The van der Waals surface area contributed by atoms with Crippen molar-refractivity contribution in [2.45, 2.75) is 32.9 Å². The summed E-state index contributed by atoms with van der Waals surface area (Å²) in [6.07, 6.45) is -6.99. The number of ether oxygens (including phenoxy) is 1. The molecule has 2 heterocycles. The fraction of sp³-hybridized carbons (Fsp3) is 0.389. The summed E-state index contributed by atoms with van der Waals surface area (Å²) >= 11 is 0. The number of hydrogen-bond donors (Lipinski definition) is 0. The molecule has 2 aromatic rings. The van der Waals surface area contributed by atoms with Crippen LogP contribution >= 0.6 is 0 Å². The highest BCUT2D eigenvalue weighted by Gasteiger charge is 2.43. The number of aromatic nitrogens is 3. The Kier molecular flexibility index (Phi) is 6.86. The van der Waals surface area contributed by atoms with Crippen LogP contribution in [0.5, 0.6) is 0 Å². The van der Waals surface area contributed by atoms with Crippen LogP contribution < -0.4 is 0 Å². The van der Waals surface area contributed by atoms with Crippen LogP contribution in [-0.4, -0.2) is 33.2 Å². The largest absolute Gasteiger partial charge is 0.447 e. The minimum absolute atomic E-state index is 0.343. The molecule has 2 aromatic heterocycles. The van der Waals surface area contributed by atoms with Crippen molar-refractivity contribution in [3.8, 4) is 6.07 Å². The van der Waals surface area contributed by atoms with E-state index in [4.69, 9.17) is 5.26 Å². The minimum atomic E-state index is -5.28. The second-order valence-electron chi connectivity index (χ2n) is 6.46. The summed E-state index contributed by atoms with van der Waals surface area (Å²) in [5.74, 6) is -3.21. The van der Waals surface area contributed by atoms with E-state index < -0.39 is 65.1 Å². The number of rotatable bonds is 6. The third-order valence-electron chi connectivity index (χ3n) is 3.81. The van der Waals surface area contributed by atoms with Crippen molar-refractivity contribution in [3.05, 3.63) is 46.5 Å². The molecule has 0 fully saturated rings. The Morgan fingerprint density at radius 3 is 2.40 bits per heavy atom. The molecule has 0 aromatic carbocycles. The Morgan fingerprint density at radius 1 is 1.27 bits per heavy atom. The van der Waals surface area contributed by atoms with Gasteiger partial charge in [-0.15, -0.1) is 0 Å². The van der Waals surface area contributed by atoms with Crippen molar-refractivity contribution in [2.24, 2.45) is 5.92 Å². The molecule has 0 atom stereocenters. The van der Waals surface area contributed by atoms with E-state index in [0.717, 1.165) is 12.4 Å². The molecule has 12 heteroatoms. The van der Waals surface area contributed by atoms with Crippen LogP contribution in [0.25, 0.3) is 0 Å². The Bertz CT molecular complexity index is 979. The number of carbonyl (C=O) groups is 2. The van der Waals surface area contributed by atoms with Gasteiger partial charge >= 0.3 is 12.1 Å². The molecule has 0 radical (unpaired) electrons. The van der Waals surface area contributed by atoms with E-state index in [9.17, 15) is 31.5 Å². The number of halogens is 5. The smallest absolute Gasteiger partial charge is 0.434 e. The molecule has 0 aliphatic carbocycles. The van der Waals surface area contributed by atoms with Gasteiger partial charge in [0.1, 0.15) is 11.8 Å². The molecule has 0 saturated heterocycles. The third kappa shape index (κ3) is 4.79. The van der Waals surface area contributed by atoms with Crippen LogP contribution in [0.4, 0.5) is 22.0 Å². The summed E-state index contributed by atoms with van der Waals surface area (Å²) in [4.78, 5) is 28.2. The van der Waals surface area contributed by atoms with E-state index in [0.29, 0.717) is 4.68 Å². The van der Waals surface area contributed by atoms with Gasteiger partial charge in [-0.1, -0.05) is 13.8 Å². The summed E-state index contributed by atoms with van der Waals surface area (Å²) in [5.41, 5.74) is -5.96. The number of pyridine rings is 1. The van der Waals surface area contributed by atoms with Gasteiger partial charge in [-0.05, 0) is 24.0 Å². The molecule has 0 aliphatic rings. The number of alkyl halides is 5. The van der Waals surface area contributed by atoms with Crippen LogP contribution in [0.15, 0.2) is 18.5 Å². The lowest BCUT2D eigenvalue weighted by molar-refractivity contribution is -0.141. The first-order valence-electron chi connectivity index (χ1n) is 8.49. The van der Waals surface area contributed by atoms with Gasteiger partial charge < -0.3 is 4.74 Å². The summed E-state index contributed by atoms with van der Waals surface area (Å²) in [6.45, 7) is 2.29. The number of carbonyl (C=O) groups excluding carboxylic acids is 2. The van der Waals surface area contributed by atoms with Crippen molar-refractivity contribution in [3.63, 3.8) is 0 Å². The second kappa shape index (κ2) is 8.98. The monoisotopic (exact) mass is 430 g/mol. The first kappa shape index (κ1) is 22.9. The topological polar surface area (TPSA) is 97.9 Å². The maximum Gasteiger partial charge on any atom is 0.434 e. The van der Waals surface area contributed by atoms with Gasteiger partial charge in [-0.2, -0.15) is 23.5 Å². The lowest BCUT2D eigenvalue weighted by atomic mass is 9.90. The zero-order valence-electron chi connectivity index (χ0n) is 15.7. The van der Waals surface area contributed by atoms with Crippen molar-refractivity contribution in [1.82, 2.24) is 14.8 Å². The molecule has 0 amide bonds. The lowest BCUT2D eigenvalue weighted by Gasteiger charge is -2.21. The molecule has 0 N–H and O–H groups in total. The van der Waals surface area contributed by atoms with E-state index >= 15 is 0 Å². The minimum Gasteiger partial charge on any atom is -0.447 e. The van der Waals surface area contributed by atoms with Crippen molar-refractivity contribution >= 4 is 11.9 Å². The van der Waals surface area contributed by atoms with Crippen LogP contribution in [0, 0.1) is 17.2 Å². The summed E-state index contributed by atoms with van der Waals surface area (Å²) in [5, 5.41) is 12.2. The fourth-order valence-corrected chi connectivity index (χ4v) is 2.76. The first-order valence-corrected chi connectivity index (χ1v) is 8.49. The number of hydrogen-bond acceptors (Lipinski definition) is 6. The maximum absolute atomic E-state index is 13.7. The molecule has 0 spiro atoms. The summed E-state index contributed by atoms with van der Waals surface area (Å²) in [7, 11) is 0. The molecular weight excluding hydrogens is 415 g/mol. The van der Waals surface area contributed by atoms with E-state index in [1.807, 2.05) is 0 Å². The molecule has 7 nitrogen and oxygen atoms in total. The second-order valence-corrected chi connectivity index (χ2v) is 6.46. The van der Waals surface area contributed by atoms with Crippen LogP contribution in [-0.2, 0) is 17.3 Å². The quantitative estimate of drug-likeness (QED) is 0.511. The van der Waals surface area contributed by atoms with Gasteiger partial charge in [-0.3, -0.25) is 4.79 Å². The first-order chi connectivity index (χ1) is 14.0. The average Bonchev–Trinajstić information content (AvgIpc) is 3.18. The predicted octanol–water partition coefficient (Wildman–Crippen LogP) is 3.80. The molecular formula is C18H15F5N4O3. The summed E-state index contributed by atoms with van der Waals surface area (Å²) in [6, 6.07) is 2.73. The van der Waals surface area contributed by atoms with Gasteiger partial charge in [0.25, 0.3) is 12.3 Å². The number of nitrogens with zero attached hydrogens (tertiary/aromatic N) is 4. The van der Waals surface area contributed by atoms with Crippen LogP contribution in [0.2, 0.25) is 0 Å². The van der Waals surface area contributed by atoms with Crippen LogP contribution in [0.3, 0.4) is 0 Å². The highest BCUT2D eigenvalue weighted by molar-refractivity contribution is 6.02. The molecule has 0 aliphatic heterocycles. The van der Waals surface area contributed by atoms with Crippen molar-refractivity contribution in [2.75, 3.05) is 6.61 Å². The van der Waals surface area contributed by atoms with Crippen LogP contribution in [0.1, 0.15) is 57.9 Å². The summed E-state index contributed by atoms with van der Waals surface area (Å²) < 4.78 is 73.4. The SMILES string of the molecule is CC(C)Cc1c(C(=O)OCC#N)c(C(F)F)nc(C(F)(F)F)c1C(=O)n1cccn1. The normalized spacial score (nSPS) is 11.6. The number of nitriles is 1. The lowest BCUT2D eigenvalue weighted by Crippen LogP contribution is -2.28. The zero-order valence-corrected chi connectivity index (χ0v) is 15.7. The fourth-order valence-electron chi connectivity index (χ4n) is 2.76. The van der Waals surface area contributed by atoms with Gasteiger partial charge in [0.15, 0.2) is 12.3 Å². The average molecular weight is 430 g/mol. The van der Waals surface area contributed by atoms with Gasteiger partial charge in [0.2, 0.25) is 0 Å². The van der Waals surface area contributed by atoms with Gasteiger partial charge in [0.05, 0.1) is 11.1 Å². The zero-order chi connectivity index (χ0) is 22.6. The Hall–Kier alpha value is -3.36. The van der Waals surface area contributed by atoms with Crippen molar-refractivity contribution < 1.29 is 36.3 Å². The third-order valence-corrected chi connectivity index (χ3v) is 3.81. The maximum atomic E-state index is 13.7. The molecule has 0 saturated carbocycles. The predicted molar refractivity (Wildman–Crippen MR) is 90.6 cm³/mol. The van der Waals surface area contributed by atoms with E-state index in [1.165, 1.54) is 12.1 Å². The van der Waals surface area contributed by atoms with E-state index in [2.05, 4.69) is 14.8 Å². The standard InChI is InChI=1S/C18H15F5N4O3/c1-9(2)8-10-11(17(29)30-7-4-24)13(15(19)20)26-14(18(21,22)23)12(10)16(28)27-6-3-5-25-27/h3,5-6,9,15H,7-8H2,1-2H3. The van der Waals surface area contributed by atoms with Gasteiger partial charge in [-0.25, -0.2) is 23.2 Å². The number of esters is 1. The van der Waals surface area contributed by atoms with E-state index in [-0.39, 0.29) is 6.42 Å². The Balaban J connectivity index is 2.96. The molecule has 0 unspecified atom stereocenters.